The van der Waals surface area contributed by atoms with Crippen LogP contribution in [0.3, 0.4) is 0 Å². The number of benzene rings is 2. The Hall–Kier alpha value is -4.41. The number of methoxy groups -OCH3 is 1. The van der Waals surface area contributed by atoms with Gasteiger partial charge in [-0.25, -0.2) is 28.4 Å². The molecule has 0 bridgehead atoms. The van der Waals surface area contributed by atoms with Gasteiger partial charge in [-0.2, -0.15) is 5.10 Å². The molecule has 0 saturated heterocycles. The van der Waals surface area contributed by atoms with E-state index in [0.717, 1.165) is 19.3 Å². The van der Waals surface area contributed by atoms with Gasteiger partial charge in [-0.3, -0.25) is 9.36 Å². The minimum absolute atomic E-state index is 0.0626. The van der Waals surface area contributed by atoms with Crippen molar-refractivity contribution in [3.8, 4) is 17.0 Å². The molecule has 2 N–H and O–H groups in total. The number of rotatable bonds is 5. The summed E-state index contributed by atoms with van der Waals surface area (Å²) in [4.78, 5) is 26.6. The van der Waals surface area contributed by atoms with Crippen molar-refractivity contribution in [3.63, 3.8) is 0 Å². The average molecular weight is 504 g/mol. The van der Waals surface area contributed by atoms with E-state index in [9.17, 15) is 13.6 Å². The van der Waals surface area contributed by atoms with Gasteiger partial charge in [0.1, 0.15) is 40.9 Å². The van der Waals surface area contributed by atoms with Gasteiger partial charge in [-0.05, 0) is 49.1 Å². The van der Waals surface area contributed by atoms with Gasteiger partial charge in [0.05, 0.1) is 18.0 Å². The van der Waals surface area contributed by atoms with Crippen molar-refractivity contribution in [2.24, 2.45) is 13.0 Å². The number of ether oxygens (including phenoxy) is 1. The third-order valence-electron chi connectivity index (χ3n) is 7.16. The standard InChI is InChI=1S/C26H23F2N7O2/c1-34-25(32-17-8-4-7-15(27)19(17)26(34)36)22(13-5-3-6-13)35-24-20(23(29)30-12-31-24)21(33-35)14-9-10-18(37-2)16(28)11-14/h4,7-13,22H,3,5-6H2,1-2H3,(H2,29,30,31). The first-order valence-corrected chi connectivity index (χ1v) is 11.9. The van der Waals surface area contributed by atoms with E-state index in [0.29, 0.717) is 28.1 Å². The number of nitrogen functional groups attached to an aromatic ring is 1. The molecular formula is C26H23F2N7O2. The zero-order valence-corrected chi connectivity index (χ0v) is 20.2. The lowest BCUT2D eigenvalue weighted by atomic mass is 9.79. The van der Waals surface area contributed by atoms with Crippen LogP contribution in [-0.2, 0) is 7.05 Å². The maximum atomic E-state index is 14.6. The first-order valence-electron chi connectivity index (χ1n) is 11.9. The predicted molar refractivity (Wildman–Crippen MR) is 134 cm³/mol. The highest BCUT2D eigenvalue weighted by Gasteiger charge is 2.36. The minimum Gasteiger partial charge on any atom is -0.494 e. The minimum atomic E-state index is -0.619. The zero-order valence-electron chi connectivity index (χ0n) is 20.2. The molecule has 3 aromatic heterocycles. The monoisotopic (exact) mass is 503 g/mol. The Morgan fingerprint density at radius 1 is 1.11 bits per heavy atom. The maximum Gasteiger partial charge on any atom is 0.264 e. The summed E-state index contributed by atoms with van der Waals surface area (Å²) in [6.07, 6.45) is 4.13. The van der Waals surface area contributed by atoms with E-state index in [1.54, 1.807) is 23.9 Å². The smallest absolute Gasteiger partial charge is 0.264 e. The van der Waals surface area contributed by atoms with E-state index >= 15 is 0 Å². The Kier molecular flexibility index (Phi) is 5.36. The van der Waals surface area contributed by atoms with Crippen molar-refractivity contribution < 1.29 is 13.5 Å². The van der Waals surface area contributed by atoms with Crippen LogP contribution in [-0.4, -0.2) is 36.4 Å². The van der Waals surface area contributed by atoms with Crippen molar-refractivity contribution >= 4 is 27.8 Å². The number of nitrogens with two attached hydrogens (primary N) is 1. The first kappa shape index (κ1) is 23.0. The van der Waals surface area contributed by atoms with Crippen LogP contribution in [0.15, 0.2) is 47.5 Å². The predicted octanol–water partition coefficient (Wildman–Crippen LogP) is 4.00. The van der Waals surface area contributed by atoms with Crippen LogP contribution in [0.4, 0.5) is 14.6 Å². The molecule has 37 heavy (non-hydrogen) atoms. The summed E-state index contributed by atoms with van der Waals surface area (Å²) in [5, 5.41) is 5.27. The Morgan fingerprint density at radius 3 is 2.62 bits per heavy atom. The van der Waals surface area contributed by atoms with Crippen LogP contribution >= 0.6 is 0 Å². The summed E-state index contributed by atoms with van der Waals surface area (Å²) in [6, 6.07) is 8.42. The molecule has 3 heterocycles. The largest absolute Gasteiger partial charge is 0.494 e. The third-order valence-corrected chi connectivity index (χ3v) is 7.16. The molecule has 6 rings (SSSR count). The Morgan fingerprint density at radius 2 is 1.92 bits per heavy atom. The fourth-order valence-electron chi connectivity index (χ4n) is 5.03. The summed E-state index contributed by atoms with van der Waals surface area (Å²) >= 11 is 0. The molecule has 5 aromatic rings. The van der Waals surface area contributed by atoms with Gasteiger partial charge >= 0.3 is 0 Å². The highest BCUT2D eigenvalue weighted by Crippen LogP contribution is 2.42. The molecule has 1 aliphatic rings. The van der Waals surface area contributed by atoms with Crippen LogP contribution < -0.4 is 16.0 Å². The van der Waals surface area contributed by atoms with Crippen molar-refractivity contribution in [1.82, 2.24) is 29.3 Å². The second-order valence-electron chi connectivity index (χ2n) is 9.20. The second-order valence-corrected chi connectivity index (χ2v) is 9.20. The highest BCUT2D eigenvalue weighted by molar-refractivity contribution is 5.98. The number of aromatic nitrogens is 6. The molecule has 1 saturated carbocycles. The number of fused-ring (bicyclic) bond motifs is 2. The van der Waals surface area contributed by atoms with Gasteiger partial charge in [-0.15, -0.1) is 0 Å². The van der Waals surface area contributed by atoms with E-state index < -0.39 is 23.2 Å². The quantitative estimate of drug-likeness (QED) is 0.386. The lowest BCUT2D eigenvalue weighted by molar-refractivity contribution is 0.218. The van der Waals surface area contributed by atoms with Gasteiger partial charge in [0.15, 0.2) is 17.2 Å². The van der Waals surface area contributed by atoms with Crippen LogP contribution in [0.1, 0.15) is 31.1 Å². The van der Waals surface area contributed by atoms with Crippen LogP contribution in [0.2, 0.25) is 0 Å². The zero-order chi connectivity index (χ0) is 25.8. The molecule has 0 radical (unpaired) electrons. The lowest BCUT2D eigenvalue weighted by Gasteiger charge is -2.34. The van der Waals surface area contributed by atoms with E-state index in [2.05, 4.69) is 9.97 Å². The van der Waals surface area contributed by atoms with E-state index in [4.69, 9.17) is 20.6 Å². The first-order chi connectivity index (χ1) is 17.9. The van der Waals surface area contributed by atoms with Crippen molar-refractivity contribution in [3.05, 3.63) is 70.5 Å². The van der Waals surface area contributed by atoms with E-state index in [-0.39, 0.29) is 28.4 Å². The average Bonchev–Trinajstić information content (AvgIpc) is 3.24. The molecule has 11 heteroatoms. The highest BCUT2D eigenvalue weighted by atomic mass is 19.1. The summed E-state index contributed by atoms with van der Waals surface area (Å²) in [5.41, 5.74) is 7.36. The fraction of sp³-hybridized carbons (Fsp3) is 0.269. The molecule has 1 atom stereocenters. The number of hydrogen-bond acceptors (Lipinski definition) is 7. The molecule has 0 spiro atoms. The van der Waals surface area contributed by atoms with Crippen molar-refractivity contribution in [2.45, 2.75) is 25.3 Å². The van der Waals surface area contributed by atoms with Crippen molar-refractivity contribution in [1.29, 1.82) is 0 Å². The molecule has 0 amide bonds. The van der Waals surface area contributed by atoms with Crippen LogP contribution in [0.5, 0.6) is 5.75 Å². The Bertz CT molecular complexity index is 1740. The van der Waals surface area contributed by atoms with Crippen LogP contribution in [0.25, 0.3) is 33.2 Å². The lowest BCUT2D eigenvalue weighted by Crippen LogP contribution is -2.34. The van der Waals surface area contributed by atoms with Crippen LogP contribution in [0, 0.1) is 17.6 Å². The topological polar surface area (TPSA) is 114 Å². The van der Waals surface area contributed by atoms with Crippen molar-refractivity contribution in [2.75, 3.05) is 12.8 Å². The Labute approximate surface area is 209 Å². The number of halogens is 2. The van der Waals surface area contributed by atoms with E-state index in [1.807, 2.05) is 0 Å². The summed E-state index contributed by atoms with van der Waals surface area (Å²) < 4.78 is 37.3. The molecule has 1 unspecified atom stereocenters. The molecule has 1 aliphatic carbocycles. The van der Waals surface area contributed by atoms with Gasteiger partial charge in [0.25, 0.3) is 5.56 Å². The van der Waals surface area contributed by atoms with Gasteiger partial charge < -0.3 is 10.5 Å². The normalized spacial score (nSPS) is 14.7. The molecular weight excluding hydrogens is 480 g/mol. The SMILES string of the molecule is COc1ccc(-c2nn(C(c3nc4cccc(F)c4c(=O)n3C)C3CCC3)c3ncnc(N)c23)cc1F. The second kappa shape index (κ2) is 8.61. The molecule has 2 aromatic carbocycles. The summed E-state index contributed by atoms with van der Waals surface area (Å²) in [6.45, 7) is 0. The number of nitrogens with zero attached hydrogens (tertiary/aromatic N) is 6. The van der Waals surface area contributed by atoms with Gasteiger partial charge in [-0.1, -0.05) is 12.5 Å². The molecule has 0 aliphatic heterocycles. The summed E-state index contributed by atoms with van der Waals surface area (Å²) in [5.74, 6) is -0.338. The van der Waals surface area contributed by atoms with Gasteiger partial charge in [0.2, 0.25) is 0 Å². The molecule has 1 fully saturated rings. The fourth-order valence-corrected chi connectivity index (χ4v) is 5.03. The molecule has 9 nitrogen and oxygen atoms in total. The number of hydrogen-bond donors (Lipinski definition) is 1. The molecule has 188 valence electrons. The maximum absolute atomic E-state index is 14.6. The Balaban J connectivity index is 1.63. The van der Waals surface area contributed by atoms with E-state index in [1.165, 1.54) is 42.3 Å². The van der Waals surface area contributed by atoms with Gasteiger partial charge in [0, 0.05) is 12.6 Å². The third kappa shape index (κ3) is 3.52. The number of anilines is 1. The summed E-state index contributed by atoms with van der Waals surface area (Å²) in [7, 11) is 2.97.